The van der Waals surface area contributed by atoms with Gasteiger partial charge in [0.25, 0.3) is 0 Å². The van der Waals surface area contributed by atoms with Crippen molar-refractivity contribution in [3.8, 4) is 0 Å². The third kappa shape index (κ3) is 2.83. The number of rotatable bonds is 4. The summed E-state index contributed by atoms with van der Waals surface area (Å²) in [4.78, 5) is 11.0. The molecule has 0 aromatic heterocycles. The van der Waals surface area contributed by atoms with Crippen molar-refractivity contribution in [2.75, 3.05) is 6.61 Å². The van der Waals surface area contributed by atoms with E-state index >= 15 is 0 Å². The van der Waals surface area contributed by atoms with Gasteiger partial charge in [-0.05, 0) is 46.0 Å². The molecule has 1 aliphatic carbocycles. The highest BCUT2D eigenvalue weighted by molar-refractivity contribution is 8.01. The number of carboxylic acid groups (broad SMARTS) is 1. The van der Waals surface area contributed by atoms with Gasteiger partial charge in [0, 0.05) is 16.6 Å². The molecule has 2 aliphatic rings. The second-order valence-corrected chi connectivity index (χ2v) is 7.99. The standard InChI is InChI=1S/C13H23NO3S/c1-12(2,10(14)11(15)16)18-9-4-7-17-13(8-9)5-3-6-13/h9-10H,3-8,14H2,1-2H3,(H,15,16)/t9?,10-/m0/s1. The summed E-state index contributed by atoms with van der Waals surface area (Å²) in [7, 11) is 0. The normalized spacial score (nSPS) is 28.7. The minimum absolute atomic E-state index is 0.110. The Bertz CT molecular complexity index is 328. The Morgan fingerprint density at radius 1 is 1.56 bits per heavy atom. The summed E-state index contributed by atoms with van der Waals surface area (Å²) in [5, 5.41) is 9.52. The highest BCUT2D eigenvalue weighted by atomic mass is 32.2. The van der Waals surface area contributed by atoms with Gasteiger partial charge in [0.1, 0.15) is 6.04 Å². The maximum atomic E-state index is 11.0. The Morgan fingerprint density at radius 2 is 2.22 bits per heavy atom. The lowest BCUT2D eigenvalue weighted by Crippen LogP contribution is -2.50. The zero-order chi connectivity index (χ0) is 13.4. The fourth-order valence-corrected chi connectivity index (χ4v) is 4.51. The van der Waals surface area contributed by atoms with Gasteiger partial charge in [-0.2, -0.15) is 0 Å². The minimum atomic E-state index is -0.919. The van der Waals surface area contributed by atoms with Gasteiger partial charge in [-0.25, -0.2) is 0 Å². The fraction of sp³-hybridized carbons (Fsp3) is 0.923. The summed E-state index contributed by atoms with van der Waals surface area (Å²) >= 11 is 1.72. The van der Waals surface area contributed by atoms with Crippen LogP contribution < -0.4 is 5.73 Å². The van der Waals surface area contributed by atoms with Crippen LogP contribution in [0.1, 0.15) is 46.0 Å². The molecule has 4 nitrogen and oxygen atoms in total. The average Bonchev–Trinajstić information content (AvgIpc) is 2.25. The maximum absolute atomic E-state index is 11.0. The molecule has 1 heterocycles. The van der Waals surface area contributed by atoms with Gasteiger partial charge in [-0.1, -0.05) is 0 Å². The first-order valence-corrected chi connectivity index (χ1v) is 7.53. The molecule has 5 heteroatoms. The van der Waals surface area contributed by atoms with Crippen molar-refractivity contribution in [1.29, 1.82) is 0 Å². The number of carbonyl (C=O) groups is 1. The van der Waals surface area contributed by atoms with Gasteiger partial charge in [0.05, 0.1) is 5.60 Å². The van der Waals surface area contributed by atoms with E-state index in [1.165, 1.54) is 6.42 Å². The van der Waals surface area contributed by atoms with E-state index in [0.29, 0.717) is 5.25 Å². The van der Waals surface area contributed by atoms with Crippen LogP contribution in [0.5, 0.6) is 0 Å². The Hall–Kier alpha value is -0.260. The van der Waals surface area contributed by atoms with E-state index in [9.17, 15) is 4.79 Å². The van der Waals surface area contributed by atoms with Crippen molar-refractivity contribution in [2.45, 2.75) is 67.6 Å². The first-order valence-electron chi connectivity index (χ1n) is 6.65. The molecule has 0 bridgehead atoms. The number of ether oxygens (including phenoxy) is 1. The Labute approximate surface area is 113 Å². The van der Waals surface area contributed by atoms with Crippen molar-refractivity contribution < 1.29 is 14.6 Å². The maximum Gasteiger partial charge on any atom is 0.321 e. The number of carboxylic acids is 1. The topological polar surface area (TPSA) is 72.5 Å². The van der Waals surface area contributed by atoms with Gasteiger partial charge in [0.2, 0.25) is 0 Å². The molecule has 18 heavy (non-hydrogen) atoms. The molecule has 1 unspecified atom stereocenters. The van der Waals surface area contributed by atoms with Crippen molar-refractivity contribution in [2.24, 2.45) is 5.73 Å². The molecule has 0 radical (unpaired) electrons. The van der Waals surface area contributed by atoms with E-state index in [2.05, 4.69) is 0 Å². The zero-order valence-corrected chi connectivity index (χ0v) is 12.0. The SMILES string of the molecule is CC(C)(SC1CCOC2(CCC2)C1)[C@@H](N)C(=O)O. The van der Waals surface area contributed by atoms with Crippen LogP contribution in [0.4, 0.5) is 0 Å². The third-order valence-electron chi connectivity index (χ3n) is 4.20. The number of aliphatic carboxylic acids is 1. The molecule has 0 amide bonds. The summed E-state index contributed by atoms with van der Waals surface area (Å²) in [6, 6.07) is -0.817. The molecule has 1 saturated heterocycles. The second kappa shape index (κ2) is 5.02. The molecule has 0 aromatic rings. The summed E-state index contributed by atoms with van der Waals surface area (Å²) in [5.74, 6) is -0.919. The summed E-state index contributed by atoms with van der Waals surface area (Å²) in [6.07, 6.45) is 5.63. The van der Waals surface area contributed by atoms with E-state index in [1.54, 1.807) is 11.8 Å². The van der Waals surface area contributed by atoms with Gasteiger partial charge in [0.15, 0.2) is 0 Å². The quantitative estimate of drug-likeness (QED) is 0.820. The summed E-state index contributed by atoms with van der Waals surface area (Å²) < 4.78 is 5.46. The van der Waals surface area contributed by atoms with Crippen LogP contribution in [-0.4, -0.2) is 39.3 Å². The van der Waals surface area contributed by atoms with Gasteiger partial charge >= 0.3 is 5.97 Å². The van der Waals surface area contributed by atoms with Crippen molar-refractivity contribution in [3.63, 3.8) is 0 Å². The molecule has 2 fully saturated rings. The lowest BCUT2D eigenvalue weighted by molar-refractivity contribution is -0.139. The Morgan fingerprint density at radius 3 is 2.72 bits per heavy atom. The summed E-state index contributed by atoms with van der Waals surface area (Å²) in [6.45, 7) is 4.66. The first kappa shape index (κ1) is 14.2. The van der Waals surface area contributed by atoms with E-state index in [0.717, 1.165) is 32.3 Å². The van der Waals surface area contributed by atoms with Crippen LogP contribution in [0.25, 0.3) is 0 Å². The van der Waals surface area contributed by atoms with Crippen LogP contribution in [0.15, 0.2) is 0 Å². The van der Waals surface area contributed by atoms with Crippen LogP contribution in [0, 0.1) is 0 Å². The van der Waals surface area contributed by atoms with E-state index in [1.807, 2.05) is 13.8 Å². The predicted molar refractivity (Wildman–Crippen MR) is 72.8 cm³/mol. The largest absolute Gasteiger partial charge is 0.480 e. The Balaban J connectivity index is 1.94. The lowest BCUT2D eigenvalue weighted by atomic mass is 9.75. The monoisotopic (exact) mass is 273 g/mol. The molecular weight excluding hydrogens is 250 g/mol. The third-order valence-corrected chi connectivity index (χ3v) is 5.80. The van der Waals surface area contributed by atoms with Crippen molar-refractivity contribution in [3.05, 3.63) is 0 Å². The second-order valence-electron chi connectivity index (χ2n) is 6.04. The minimum Gasteiger partial charge on any atom is -0.480 e. The highest BCUT2D eigenvalue weighted by Crippen LogP contribution is 2.47. The molecule has 2 atom stereocenters. The highest BCUT2D eigenvalue weighted by Gasteiger charge is 2.45. The summed E-state index contributed by atoms with van der Waals surface area (Å²) in [5.41, 5.74) is 5.88. The van der Waals surface area contributed by atoms with Crippen LogP contribution >= 0.6 is 11.8 Å². The van der Waals surface area contributed by atoms with Crippen LogP contribution in [0.3, 0.4) is 0 Å². The van der Waals surface area contributed by atoms with Crippen LogP contribution in [0.2, 0.25) is 0 Å². The zero-order valence-electron chi connectivity index (χ0n) is 11.1. The van der Waals surface area contributed by atoms with E-state index < -0.39 is 16.8 Å². The molecule has 0 aromatic carbocycles. The van der Waals surface area contributed by atoms with Crippen LogP contribution in [-0.2, 0) is 9.53 Å². The molecular formula is C13H23NO3S. The lowest BCUT2D eigenvalue weighted by Gasteiger charge is -2.48. The predicted octanol–water partition coefficient (Wildman–Crippen LogP) is 2.01. The molecule has 1 spiro atoms. The van der Waals surface area contributed by atoms with Crippen molar-refractivity contribution >= 4 is 17.7 Å². The average molecular weight is 273 g/mol. The van der Waals surface area contributed by atoms with Gasteiger partial charge in [-0.15, -0.1) is 11.8 Å². The van der Waals surface area contributed by atoms with E-state index in [-0.39, 0.29) is 5.60 Å². The van der Waals surface area contributed by atoms with Gasteiger partial charge < -0.3 is 15.6 Å². The molecule has 3 N–H and O–H groups in total. The molecule has 1 aliphatic heterocycles. The number of nitrogens with two attached hydrogens (primary N) is 1. The molecule has 2 rings (SSSR count). The smallest absolute Gasteiger partial charge is 0.321 e. The number of hydrogen-bond acceptors (Lipinski definition) is 4. The van der Waals surface area contributed by atoms with Gasteiger partial charge in [-0.3, -0.25) is 4.79 Å². The van der Waals surface area contributed by atoms with E-state index in [4.69, 9.17) is 15.6 Å². The Kier molecular flexibility index (Phi) is 3.95. The molecule has 1 saturated carbocycles. The first-order chi connectivity index (χ1) is 8.35. The molecule has 104 valence electrons. The fourth-order valence-electron chi connectivity index (χ4n) is 2.80. The number of thioether (sulfide) groups is 1. The number of hydrogen-bond donors (Lipinski definition) is 2. The van der Waals surface area contributed by atoms with Crippen molar-refractivity contribution in [1.82, 2.24) is 0 Å².